The van der Waals surface area contributed by atoms with Crippen LogP contribution in [0.4, 0.5) is 21.8 Å². The van der Waals surface area contributed by atoms with Crippen LogP contribution < -0.4 is 24.4 Å². The lowest BCUT2D eigenvalue weighted by atomic mass is 9.91. The molecular weight excluding hydrogens is 726 g/mol. The number of rotatable bonds is 14. The summed E-state index contributed by atoms with van der Waals surface area (Å²) in [7, 11) is 1.32. The Morgan fingerprint density at radius 2 is 1.42 bits per heavy atom. The van der Waals surface area contributed by atoms with Gasteiger partial charge in [-0.2, -0.15) is 14.3 Å². The number of pyridine rings is 2. The van der Waals surface area contributed by atoms with Crippen molar-refractivity contribution in [2.24, 2.45) is 0 Å². The third kappa shape index (κ3) is 9.27. The summed E-state index contributed by atoms with van der Waals surface area (Å²) >= 11 is 0. The minimum atomic E-state index is -3.30. The number of aromatic nitrogens is 5. The van der Waals surface area contributed by atoms with Crippen LogP contribution in [0.1, 0.15) is 36.4 Å². The smallest absolute Gasteiger partial charge is 0.250 e. The molecule has 1 aliphatic heterocycles. The number of anilines is 3. The first kappa shape index (κ1) is 39.2. The molecule has 1 aliphatic rings. The number of piperazine rings is 1. The zero-order valence-corrected chi connectivity index (χ0v) is 32.9. The highest BCUT2D eigenvalue weighted by molar-refractivity contribution is 7.88. The molecule has 6 rings (SSSR count). The van der Waals surface area contributed by atoms with E-state index < -0.39 is 21.4 Å². The van der Waals surface area contributed by atoms with Gasteiger partial charge in [-0.3, -0.25) is 4.90 Å². The predicted molar refractivity (Wildman–Crippen MR) is 209 cm³/mol. The third-order valence-electron chi connectivity index (χ3n) is 9.68. The van der Waals surface area contributed by atoms with Gasteiger partial charge in [-0.05, 0) is 67.8 Å². The monoisotopic (exact) mass is 771 g/mol. The molecule has 1 fully saturated rings. The number of benzene rings is 2. The minimum Gasteiger partial charge on any atom is -0.497 e. The van der Waals surface area contributed by atoms with Crippen molar-refractivity contribution in [2.45, 2.75) is 39.4 Å². The van der Waals surface area contributed by atoms with Crippen LogP contribution in [0.25, 0.3) is 11.4 Å². The lowest BCUT2D eigenvalue weighted by molar-refractivity contribution is 0.0778. The summed E-state index contributed by atoms with van der Waals surface area (Å²) in [5, 5.41) is 3.22. The summed E-state index contributed by atoms with van der Waals surface area (Å²) < 4.78 is 56.6. The first-order valence-electron chi connectivity index (χ1n) is 17.7. The summed E-state index contributed by atoms with van der Waals surface area (Å²) in [6.07, 6.45) is 4.46. The van der Waals surface area contributed by atoms with E-state index in [4.69, 9.17) is 34.1 Å². The maximum atomic E-state index is 14.8. The molecule has 0 spiro atoms. The van der Waals surface area contributed by atoms with Crippen molar-refractivity contribution in [3.8, 4) is 28.8 Å². The predicted octanol–water partition coefficient (Wildman–Crippen LogP) is 5.56. The van der Waals surface area contributed by atoms with E-state index in [0.717, 1.165) is 28.2 Å². The highest BCUT2D eigenvalue weighted by atomic mass is 32.2. The van der Waals surface area contributed by atoms with Gasteiger partial charge in [-0.1, -0.05) is 24.3 Å². The number of hydrogen-bond donors (Lipinski definition) is 1. The second-order valence-corrected chi connectivity index (χ2v) is 15.7. The molecule has 0 radical (unpaired) electrons. The van der Waals surface area contributed by atoms with Crippen molar-refractivity contribution in [2.75, 3.05) is 64.0 Å². The molecule has 16 heteroatoms. The van der Waals surface area contributed by atoms with Crippen LogP contribution in [0.5, 0.6) is 17.4 Å². The second kappa shape index (κ2) is 16.5. The van der Waals surface area contributed by atoms with Crippen LogP contribution >= 0.6 is 0 Å². The lowest BCUT2D eigenvalue weighted by Crippen LogP contribution is -2.54. The van der Waals surface area contributed by atoms with E-state index in [1.807, 2.05) is 61.5 Å². The summed E-state index contributed by atoms with van der Waals surface area (Å²) in [5.41, 5.74) is 3.24. The Morgan fingerprint density at radius 3 is 1.95 bits per heavy atom. The van der Waals surface area contributed by atoms with E-state index in [-0.39, 0.29) is 5.88 Å². The van der Waals surface area contributed by atoms with Gasteiger partial charge in [0.1, 0.15) is 23.1 Å². The highest BCUT2D eigenvalue weighted by Gasteiger charge is 2.34. The first-order valence-corrected chi connectivity index (χ1v) is 19.5. The van der Waals surface area contributed by atoms with Crippen molar-refractivity contribution in [3.05, 3.63) is 101 Å². The van der Waals surface area contributed by atoms with Gasteiger partial charge in [0.2, 0.25) is 21.9 Å². The van der Waals surface area contributed by atoms with Crippen LogP contribution in [0.15, 0.2) is 73.1 Å². The average Bonchev–Trinajstić information content (AvgIpc) is 3.18. The van der Waals surface area contributed by atoms with Gasteiger partial charge in [0.05, 0.1) is 45.0 Å². The van der Waals surface area contributed by atoms with Crippen LogP contribution in [0, 0.1) is 12.7 Å². The Morgan fingerprint density at radius 1 is 0.818 bits per heavy atom. The van der Waals surface area contributed by atoms with Crippen molar-refractivity contribution < 1.29 is 27.0 Å². The molecule has 2 aromatic carbocycles. The topological polar surface area (TPSA) is 148 Å². The van der Waals surface area contributed by atoms with Crippen molar-refractivity contribution >= 4 is 27.5 Å². The molecule has 0 bridgehead atoms. The Labute approximate surface area is 321 Å². The van der Waals surface area contributed by atoms with E-state index >= 15 is 0 Å². The molecule has 55 heavy (non-hydrogen) atoms. The van der Waals surface area contributed by atoms with Gasteiger partial charge in [0.25, 0.3) is 0 Å². The van der Waals surface area contributed by atoms with Gasteiger partial charge in [0.15, 0.2) is 11.6 Å². The summed E-state index contributed by atoms with van der Waals surface area (Å²) in [4.78, 5) is 27.9. The molecule has 4 heterocycles. The molecule has 290 valence electrons. The van der Waals surface area contributed by atoms with Crippen LogP contribution in [0.2, 0.25) is 0 Å². The molecule has 0 aliphatic carbocycles. The molecule has 0 atom stereocenters. The number of hydrogen-bond acceptors (Lipinski definition) is 13. The Hall–Kier alpha value is -5.45. The van der Waals surface area contributed by atoms with Crippen LogP contribution in [0.3, 0.4) is 0 Å². The number of aryl methyl sites for hydroxylation is 1. The van der Waals surface area contributed by atoms with Crippen LogP contribution in [-0.2, 0) is 28.7 Å². The van der Waals surface area contributed by atoms with Gasteiger partial charge < -0.3 is 24.4 Å². The molecule has 0 amide bonds. The Bertz CT molecular complexity index is 2170. The van der Waals surface area contributed by atoms with E-state index in [9.17, 15) is 12.8 Å². The number of methoxy groups -OCH3 is 3. The largest absolute Gasteiger partial charge is 0.497 e. The summed E-state index contributed by atoms with van der Waals surface area (Å²) in [6, 6.07) is 18.9. The number of sulfonamides is 1. The van der Waals surface area contributed by atoms with Gasteiger partial charge >= 0.3 is 0 Å². The molecule has 1 N–H and O–H groups in total. The normalized spacial score (nSPS) is 14.0. The lowest BCUT2D eigenvalue weighted by Gasteiger charge is -2.43. The number of nitrogens with zero attached hydrogens (tertiary/aromatic N) is 8. The molecule has 14 nitrogen and oxygen atoms in total. The average molecular weight is 772 g/mol. The number of nitrogens with one attached hydrogen (secondary N) is 1. The van der Waals surface area contributed by atoms with Crippen molar-refractivity contribution in [3.63, 3.8) is 0 Å². The van der Waals surface area contributed by atoms with Crippen LogP contribution in [-0.4, -0.2) is 96.3 Å². The minimum absolute atomic E-state index is 0.127. The van der Waals surface area contributed by atoms with Crippen molar-refractivity contribution in [1.29, 1.82) is 0 Å². The number of halogens is 1. The molecule has 1 saturated heterocycles. The molecule has 0 unspecified atom stereocenters. The first-order chi connectivity index (χ1) is 26.3. The summed E-state index contributed by atoms with van der Waals surface area (Å²) in [6.45, 7) is 8.76. The fourth-order valence-corrected chi connectivity index (χ4v) is 7.27. The fourth-order valence-electron chi connectivity index (χ4n) is 6.44. The molecular formula is C39H46FN9O5S. The van der Waals surface area contributed by atoms with Gasteiger partial charge in [0, 0.05) is 57.1 Å². The standard InChI is InChI=1S/C39H46FN9O5S/c1-26-43-36(46-38(44-26)47(24-27-8-12-31(52-4)13-9-27)25-28-10-14-32(53-5)15-11-28)33-20-29(39(2,3)48-16-18-49(19-17-48)55(7,50)51)22-41-35(33)45-30-21-34(40)37(54-6)42-23-30/h8-15,20-23H,16-19,24-25H2,1-7H3,(H,41,45). The molecule has 3 aromatic heterocycles. The fraction of sp³-hybridized carbons (Fsp3) is 0.359. The quantitative estimate of drug-likeness (QED) is 0.150. The Kier molecular flexibility index (Phi) is 11.8. The molecule has 5 aromatic rings. The Balaban J connectivity index is 1.42. The second-order valence-electron chi connectivity index (χ2n) is 13.7. The van der Waals surface area contributed by atoms with E-state index in [0.29, 0.717) is 73.9 Å². The van der Waals surface area contributed by atoms with Gasteiger partial charge in [-0.15, -0.1) is 0 Å². The SMILES string of the molecule is COc1ccc(CN(Cc2ccc(OC)cc2)c2nc(C)nc(-c3cc(C(C)(C)N4CCN(S(C)(=O)=O)CC4)cnc3Nc3cnc(OC)c(F)c3)n2)cc1. The highest BCUT2D eigenvalue weighted by Crippen LogP contribution is 2.35. The molecule has 0 saturated carbocycles. The van der Waals surface area contributed by atoms with E-state index in [1.165, 1.54) is 29.9 Å². The van der Waals surface area contributed by atoms with E-state index in [1.54, 1.807) is 20.4 Å². The van der Waals surface area contributed by atoms with Gasteiger partial charge in [-0.25, -0.2) is 27.8 Å². The maximum Gasteiger partial charge on any atom is 0.250 e. The maximum absolute atomic E-state index is 14.8. The summed E-state index contributed by atoms with van der Waals surface area (Å²) in [5.74, 6) is 2.41. The third-order valence-corrected chi connectivity index (χ3v) is 11.0. The zero-order chi connectivity index (χ0) is 39.3. The van der Waals surface area contributed by atoms with E-state index in [2.05, 4.69) is 33.9 Å². The number of ether oxygens (including phenoxy) is 3. The zero-order valence-electron chi connectivity index (χ0n) is 32.1. The van der Waals surface area contributed by atoms with Crippen molar-refractivity contribution in [1.82, 2.24) is 34.1 Å².